The number of rotatable bonds is 4. The minimum Gasteiger partial charge on any atom is -0.354 e. The van der Waals surface area contributed by atoms with E-state index < -0.39 is 6.04 Å². The van der Waals surface area contributed by atoms with Crippen LogP contribution in [0.2, 0.25) is 0 Å². The molecule has 0 spiro atoms. The minimum atomic E-state index is -0.552. The number of carbonyl (C=O) groups is 1. The van der Waals surface area contributed by atoms with Crippen molar-refractivity contribution in [3.8, 4) is 0 Å². The highest BCUT2D eigenvalue weighted by Gasteiger charge is 2.18. The van der Waals surface area contributed by atoms with Crippen LogP contribution in [-0.2, 0) is 4.79 Å². The zero-order valence-electron chi connectivity index (χ0n) is 10.5. The minimum absolute atomic E-state index is 0.0700. The van der Waals surface area contributed by atoms with E-state index in [1.807, 2.05) is 42.1 Å². The van der Waals surface area contributed by atoms with Crippen LogP contribution in [0.4, 0.5) is 0 Å². The van der Waals surface area contributed by atoms with Crippen LogP contribution in [0.5, 0.6) is 0 Å². The smallest absolute Gasteiger partial charge is 0.241 e. The molecule has 0 aromatic heterocycles. The molecule has 0 saturated carbocycles. The molecule has 4 heteroatoms. The van der Waals surface area contributed by atoms with E-state index in [1.165, 1.54) is 24.3 Å². The Kier molecular flexibility index (Phi) is 5.08. The highest BCUT2D eigenvalue weighted by atomic mass is 32.2. The normalized spacial score (nSPS) is 18.3. The van der Waals surface area contributed by atoms with Gasteiger partial charge in [-0.2, -0.15) is 11.8 Å². The van der Waals surface area contributed by atoms with Crippen LogP contribution < -0.4 is 11.1 Å². The van der Waals surface area contributed by atoms with E-state index in [4.69, 9.17) is 5.73 Å². The number of hydrogen-bond acceptors (Lipinski definition) is 3. The molecular formula is C14H20N2OS. The predicted octanol–water partition coefficient (Wildman–Crippen LogP) is 1.95. The van der Waals surface area contributed by atoms with E-state index in [1.54, 1.807) is 0 Å². The highest BCUT2D eigenvalue weighted by Crippen LogP contribution is 2.22. The Balaban J connectivity index is 1.80. The van der Waals surface area contributed by atoms with Crippen molar-refractivity contribution in [1.29, 1.82) is 0 Å². The Morgan fingerprint density at radius 2 is 2.00 bits per heavy atom. The predicted molar refractivity (Wildman–Crippen MR) is 76.4 cm³/mol. The number of hydrogen-bond donors (Lipinski definition) is 2. The van der Waals surface area contributed by atoms with Gasteiger partial charge in [0.25, 0.3) is 0 Å². The summed E-state index contributed by atoms with van der Waals surface area (Å²) in [6.07, 6.45) is 2.40. The molecular weight excluding hydrogens is 244 g/mol. The summed E-state index contributed by atoms with van der Waals surface area (Å²) in [5.41, 5.74) is 6.81. The quantitative estimate of drug-likeness (QED) is 0.874. The fraction of sp³-hybridized carbons (Fsp3) is 0.500. The SMILES string of the molecule is N[C@H](C(=O)NCC1CCSCC1)c1ccccc1. The van der Waals surface area contributed by atoms with Crippen LogP contribution in [0.1, 0.15) is 24.4 Å². The van der Waals surface area contributed by atoms with Crippen molar-refractivity contribution in [2.24, 2.45) is 11.7 Å². The van der Waals surface area contributed by atoms with E-state index in [-0.39, 0.29) is 5.91 Å². The zero-order chi connectivity index (χ0) is 12.8. The fourth-order valence-electron chi connectivity index (χ4n) is 2.12. The summed E-state index contributed by atoms with van der Waals surface area (Å²) in [5.74, 6) is 2.98. The maximum absolute atomic E-state index is 11.9. The van der Waals surface area contributed by atoms with E-state index in [2.05, 4.69) is 5.32 Å². The van der Waals surface area contributed by atoms with Crippen molar-refractivity contribution in [2.75, 3.05) is 18.1 Å². The molecule has 18 heavy (non-hydrogen) atoms. The van der Waals surface area contributed by atoms with Crippen LogP contribution >= 0.6 is 11.8 Å². The molecule has 0 bridgehead atoms. The standard InChI is InChI=1S/C14H20N2OS/c15-13(12-4-2-1-3-5-12)14(17)16-10-11-6-8-18-9-7-11/h1-5,11,13H,6-10,15H2,(H,16,17)/t13-/m0/s1. The number of nitrogens with one attached hydrogen (secondary N) is 1. The molecule has 1 saturated heterocycles. The maximum atomic E-state index is 11.9. The Morgan fingerprint density at radius 3 is 2.67 bits per heavy atom. The molecule has 1 fully saturated rings. The average Bonchev–Trinajstić information content (AvgIpc) is 2.46. The molecule has 1 aromatic carbocycles. The maximum Gasteiger partial charge on any atom is 0.241 e. The lowest BCUT2D eigenvalue weighted by Crippen LogP contribution is -2.37. The van der Waals surface area contributed by atoms with Gasteiger partial charge in [-0.15, -0.1) is 0 Å². The Hall–Kier alpha value is -1.00. The third-order valence-corrected chi connectivity index (χ3v) is 4.40. The van der Waals surface area contributed by atoms with Crippen LogP contribution in [0.3, 0.4) is 0 Å². The van der Waals surface area contributed by atoms with Gasteiger partial charge in [-0.3, -0.25) is 4.79 Å². The molecule has 0 radical (unpaired) electrons. The largest absolute Gasteiger partial charge is 0.354 e. The molecule has 0 unspecified atom stereocenters. The topological polar surface area (TPSA) is 55.1 Å². The monoisotopic (exact) mass is 264 g/mol. The first kappa shape index (κ1) is 13.4. The molecule has 1 amide bonds. The fourth-order valence-corrected chi connectivity index (χ4v) is 3.32. The van der Waals surface area contributed by atoms with Crippen molar-refractivity contribution >= 4 is 17.7 Å². The third-order valence-electron chi connectivity index (χ3n) is 3.35. The second-order valence-electron chi connectivity index (χ2n) is 4.69. The molecule has 1 aliphatic rings. The van der Waals surface area contributed by atoms with Crippen LogP contribution in [0.25, 0.3) is 0 Å². The lowest BCUT2D eigenvalue weighted by molar-refractivity contribution is -0.122. The summed E-state index contributed by atoms with van der Waals surface area (Å²) in [4.78, 5) is 11.9. The third kappa shape index (κ3) is 3.75. The summed E-state index contributed by atoms with van der Waals surface area (Å²) in [5, 5.41) is 2.98. The molecule has 1 heterocycles. The van der Waals surface area contributed by atoms with E-state index in [0.717, 1.165) is 12.1 Å². The van der Waals surface area contributed by atoms with Gasteiger partial charge in [-0.1, -0.05) is 30.3 Å². The molecule has 2 rings (SSSR count). The van der Waals surface area contributed by atoms with Gasteiger partial charge in [-0.05, 0) is 35.8 Å². The van der Waals surface area contributed by atoms with Crippen molar-refractivity contribution in [1.82, 2.24) is 5.32 Å². The van der Waals surface area contributed by atoms with Gasteiger partial charge >= 0.3 is 0 Å². The van der Waals surface area contributed by atoms with Crippen LogP contribution in [0.15, 0.2) is 30.3 Å². The number of benzene rings is 1. The molecule has 1 aliphatic heterocycles. The van der Waals surface area contributed by atoms with Gasteiger partial charge in [0.15, 0.2) is 0 Å². The van der Waals surface area contributed by atoms with Gasteiger partial charge in [0, 0.05) is 6.54 Å². The second-order valence-corrected chi connectivity index (χ2v) is 5.91. The summed E-state index contributed by atoms with van der Waals surface area (Å²) in [6, 6.07) is 8.96. The molecule has 1 atom stereocenters. The Morgan fingerprint density at radius 1 is 1.33 bits per heavy atom. The summed E-state index contributed by atoms with van der Waals surface area (Å²) in [7, 11) is 0. The van der Waals surface area contributed by atoms with Gasteiger partial charge in [0.05, 0.1) is 0 Å². The zero-order valence-corrected chi connectivity index (χ0v) is 11.3. The van der Waals surface area contributed by atoms with Crippen molar-refractivity contribution < 1.29 is 4.79 Å². The van der Waals surface area contributed by atoms with Gasteiger partial charge in [0.1, 0.15) is 6.04 Å². The first-order chi connectivity index (χ1) is 8.77. The number of thioether (sulfide) groups is 1. The van der Waals surface area contributed by atoms with Crippen LogP contribution in [0, 0.1) is 5.92 Å². The molecule has 0 aliphatic carbocycles. The van der Waals surface area contributed by atoms with E-state index in [0.29, 0.717) is 5.92 Å². The van der Waals surface area contributed by atoms with Gasteiger partial charge in [-0.25, -0.2) is 0 Å². The Labute approximate surface area is 113 Å². The van der Waals surface area contributed by atoms with Gasteiger partial charge in [0.2, 0.25) is 5.91 Å². The number of nitrogens with two attached hydrogens (primary N) is 1. The Bertz CT molecular complexity index is 377. The molecule has 1 aromatic rings. The number of amides is 1. The molecule has 3 nitrogen and oxygen atoms in total. The average molecular weight is 264 g/mol. The van der Waals surface area contributed by atoms with Crippen molar-refractivity contribution in [3.63, 3.8) is 0 Å². The van der Waals surface area contributed by atoms with Gasteiger partial charge < -0.3 is 11.1 Å². The number of carbonyl (C=O) groups excluding carboxylic acids is 1. The van der Waals surface area contributed by atoms with E-state index >= 15 is 0 Å². The second kappa shape index (κ2) is 6.81. The van der Waals surface area contributed by atoms with Crippen molar-refractivity contribution in [2.45, 2.75) is 18.9 Å². The first-order valence-corrected chi connectivity index (χ1v) is 7.59. The van der Waals surface area contributed by atoms with Crippen molar-refractivity contribution in [3.05, 3.63) is 35.9 Å². The van der Waals surface area contributed by atoms with E-state index in [9.17, 15) is 4.79 Å². The highest BCUT2D eigenvalue weighted by molar-refractivity contribution is 7.99. The van der Waals surface area contributed by atoms with Crippen LogP contribution in [-0.4, -0.2) is 24.0 Å². The molecule has 98 valence electrons. The summed E-state index contributed by atoms with van der Waals surface area (Å²) >= 11 is 2.00. The summed E-state index contributed by atoms with van der Waals surface area (Å²) < 4.78 is 0. The lowest BCUT2D eigenvalue weighted by Gasteiger charge is -2.22. The first-order valence-electron chi connectivity index (χ1n) is 6.43. The molecule has 3 N–H and O–H groups in total. The lowest BCUT2D eigenvalue weighted by atomic mass is 10.0. The summed E-state index contributed by atoms with van der Waals surface area (Å²) in [6.45, 7) is 0.764.